The Morgan fingerprint density at radius 2 is 1.38 bits per heavy atom. The molecule has 21 heavy (non-hydrogen) atoms. The van der Waals surface area contributed by atoms with Crippen molar-refractivity contribution in [3.05, 3.63) is 90.0 Å². The Bertz CT molecular complexity index is 702. The highest BCUT2D eigenvalue weighted by atomic mass is 16.5. The molecule has 3 aromatic rings. The van der Waals surface area contributed by atoms with Crippen molar-refractivity contribution < 1.29 is 4.74 Å². The first-order chi connectivity index (χ1) is 10.4. The summed E-state index contributed by atoms with van der Waals surface area (Å²) in [6.07, 6.45) is 0.935. The van der Waals surface area contributed by atoms with Gasteiger partial charge in [0.1, 0.15) is 5.75 Å². The van der Waals surface area contributed by atoms with Crippen LogP contribution in [0, 0.1) is 0 Å². The summed E-state index contributed by atoms with van der Waals surface area (Å²) in [5.41, 5.74) is 4.94. The molecule has 0 aliphatic carbocycles. The molecule has 0 saturated carbocycles. The normalized spacial score (nSPS) is 10.3. The molecule has 0 saturated heterocycles. The topological polar surface area (TPSA) is 9.23 Å². The van der Waals surface area contributed by atoms with Gasteiger partial charge in [0.25, 0.3) is 0 Å². The molecular weight excluding hydrogens is 256 g/mol. The quantitative estimate of drug-likeness (QED) is 0.654. The Morgan fingerprint density at radius 1 is 0.714 bits per heavy atom. The van der Waals surface area contributed by atoms with Crippen LogP contribution in [0.15, 0.2) is 78.9 Å². The number of hydrogen-bond donors (Lipinski definition) is 0. The summed E-state index contributed by atoms with van der Waals surface area (Å²) < 4.78 is 5.50. The zero-order chi connectivity index (χ0) is 14.5. The summed E-state index contributed by atoms with van der Waals surface area (Å²) in [6, 6.07) is 27.3. The largest absolute Gasteiger partial charge is 0.496 e. The minimum absolute atomic E-state index is 0.915. The van der Waals surface area contributed by atoms with Gasteiger partial charge in [-0.2, -0.15) is 0 Å². The molecule has 0 unspecified atom stereocenters. The third kappa shape index (κ3) is 3.14. The molecule has 0 fully saturated rings. The van der Waals surface area contributed by atoms with Gasteiger partial charge in [-0.15, -0.1) is 0 Å². The predicted octanol–water partition coefficient (Wildman–Crippen LogP) is 4.95. The summed E-state index contributed by atoms with van der Waals surface area (Å²) in [7, 11) is 1.72. The molecule has 0 aromatic heterocycles. The van der Waals surface area contributed by atoms with Crippen molar-refractivity contribution in [2.24, 2.45) is 0 Å². The zero-order valence-corrected chi connectivity index (χ0v) is 12.1. The van der Waals surface area contributed by atoms with E-state index in [1.54, 1.807) is 7.11 Å². The fraction of sp³-hybridized carbons (Fsp3) is 0.100. The standard InChI is InChI=1S/C20H18O/c1-21-20-13-12-17(14-16-8-4-2-5-9-16)15-19(20)18-10-6-3-7-11-18/h2-13,15H,14H2,1H3. The predicted molar refractivity (Wildman–Crippen MR) is 87.7 cm³/mol. The molecule has 0 radical (unpaired) electrons. The minimum Gasteiger partial charge on any atom is -0.496 e. The molecule has 0 amide bonds. The summed E-state index contributed by atoms with van der Waals surface area (Å²) in [5, 5.41) is 0. The van der Waals surface area contributed by atoms with Crippen molar-refractivity contribution in [3.63, 3.8) is 0 Å². The van der Waals surface area contributed by atoms with Crippen LogP contribution in [0.25, 0.3) is 11.1 Å². The van der Waals surface area contributed by atoms with E-state index in [0.717, 1.165) is 17.7 Å². The van der Waals surface area contributed by atoms with Crippen molar-refractivity contribution in [1.82, 2.24) is 0 Å². The van der Waals surface area contributed by atoms with Crippen LogP contribution in [0.2, 0.25) is 0 Å². The van der Waals surface area contributed by atoms with Crippen LogP contribution < -0.4 is 4.74 Å². The lowest BCUT2D eigenvalue weighted by Crippen LogP contribution is -1.92. The van der Waals surface area contributed by atoms with Crippen molar-refractivity contribution in [2.45, 2.75) is 6.42 Å². The van der Waals surface area contributed by atoms with E-state index in [9.17, 15) is 0 Å². The number of hydrogen-bond acceptors (Lipinski definition) is 1. The van der Waals surface area contributed by atoms with E-state index in [0.29, 0.717) is 0 Å². The van der Waals surface area contributed by atoms with Gasteiger partial charge in [0, 0.05) is 5.56 Å². The molecule has 3 rings (SSSR count). The maximum absolute atomic E-state index is 5.50. The summed E-state index contributed by atoms with van der Waals surface area (Å²) in [4.78, 5) is 0. The van der Waals surface area contributed by atoms with Crippen LogP contribution in [0.5, 0.6) is 5.75 Å². The highest BCUT2D eigenvalue weighted by molar-refractivity contribution is 5.71. The molecule has 0 aliphatic heterocycles. The average Bonchev–Trinajstić information content (AvgIpc) is 2.56. The van der Waals surface area contributed by atoms with Gasteiger partial charge in [0.05, 0.1) is 7.11 Å². The van der Waals surface area contributed by atoms with E-state index in [1.807, 2.05) is 12.1 Å². The van der Waals surface area contributed by atoms with Gasteiger partial charge in [-0.1, -0.05) is 66.7 Å². The van der Waals surface area contributed by atoms with Gasteiger partial charge in [0.15, 0.2) is 0 Å². The highest BCUT2D eigenvalue weighted by Gasteiger charge is 2.07. The van der Waals surface area contributed by atoms with E-state index in [4.69, 9.17) is 4.74 Å². The average molecular weight is 274 g/mol. The van der Waals surface area contributed by atoms with Crippen molar-refractivity contribution in [3.8, 4) is 16.9 Å². The summed E-state index contributed by atoms with van der Waals surface area (Å²) in [5.74, 6) is 0.915. The Morgan fingerprint density at radius 3 is 2.05 bits per heavy atom. The van der Waals surface area contributed by atoms with Gasteiger partial charge in [-0.3, -0.25) is 0 Å². The summed E-state index contributed by atoms with van der Waals surface area (Å²) in [6.45, 7) is 0. The van der Waals surface area contributed by atoms with Crippen LogP contribution in [0.1, 0.15) is 11.1 Å². The van der Waals surface area contributed by atoms with E-state index >= 15 is 0 Å². The smallest absolute Gasteiger partial charge is 0.126 e. The van der Waals surface area contributed by atoms with Gasteiger partial charge in [-0.05, 0) is 35.2 Å². The first kappa shape index (κ1) is 13.4. The van der Waals surface area contributed by atoms with E-state index in [-0.39, 0.29) is 0 Å². The molecule has 104 valence electrons. The molecule has 1 nitrogen and oxygen atoms in total. The highest BCUT2D eigenvalue weighted by Crippen LogP contribution is 2.31. The third-order valence-electron chi connectivity index (χ3n) is 3.60. The molecule has 1 heteroatoms. The number of methoxy groups -OCH3 is 1. The van der Waals surface area contributed by atoms with Crippen LogP contribution >= 0.6 is 0 Å². The second-order valence-electron chi connectivity index (χ2n) is 5.06. The Hall–Kier alpha value is -2.54. The van der Waals surface area contributed by atoms with Crippen molar-refractivity contribution in [1.29, 1.82) is 0 Å². The SMILES string of the molecule is COc1ccc(Cc2ccccc2)cc1-c1ccccc1. The molecule has 0 spiro atoms. The molecule has 3 aromatic carbocycles. The van der Waals surface area contributed by atoms with Gasteiger partial charge in [0.2, 0.25) is 0 Å². The molecular formula is C20H18O. The van der Waals surface area contributed by atoms with E-state index in [2.05, 4.69) is 66.7 Å². The lowest BCUT2D eigenvalue weighted by molar-refractivity contribution is 0.416. The first-order valence-electron chi connectivity index (χ1n) is 7.13. The van der Waals surface area contributed by atoms with Crippen molar-refractivity contribution in [2.75, 3.05) is 7.11 Å². The number of benzene rings is 3. The first-order valence-corrected chi connectivity index (χ1v) is 7.13. The molecule has 0 N–H and O–H groups in total. The zero-order valence-electron chi connectivity index (χ0n) is 12.1. The van der Waals surface area contributed by atoms with Crippen LogP contribution in [0.4, 0.5) is 0 Å². The lowest BCUT2D eigenvalue weighted by Gasteiger charge is -2.11. The van der Waals surface area contributed by atoms with Crippen LogP contribution in [0.3, 0.4) is 0 Å². The van der Waals surface area contributed by atoms with E-state index in [1.165, 1.54) is 16.7 Å². The second kappa shape index (κ2) is 6.27. The van der Waals surface area contributed by atoms with E-state index < -0.39 is 0 Å². The van der Waals surface area contributed by atoms with Gasteiger partial charge < -0.3 is 4.74 Å². The van der Waals surface area contributed by atoms with Gasteiger partial charge in [-0.25, -0.2) is 0 Å². The molecule has 0 heterocycles. The fourth-order valence-corrected chi connectivity index (χ4v) is 2.54. The van der Waals surface area contributed by atoms with Gasteiger partial charge >= 0.3 is 0 Å². The van der Waals surface area contributed by atoms with Crippen LogP contribution in [-0.4, -0.2) is 7.11 Å². The Kier molecular flexibility index (Phi) is 4.02. The third-order valence-corrected chi connectivity index (χ3v) is 3.60. The second-order valence-corrected chi connectivity index (χ2v) is 5.06. The van der Waals surface area contributed by atoms with Crippen LogP contribution in [-0.2, 0) is 6.42 Å². The minimum atomic E-state index is 0.915. The Labute approximate surface area is 125 Å². The van der Waals surface area contributed by atoms with Crippen molar-refractivity contribution >= 4 is 0 Å². The molecule has 0 atom stereocenters. The maximum atomic E-state index is 5.50. The monoisotopic (exact) mass is 274 g/mol. The lowest BCUT2D eigenvalue weighted by atomic mass is 9.98. The number of ether oxygens (including phenoxy) is 1. The fourth-order valence-electron chi connectivity index (χ4n) is 2.54. The Balaban J connectivity index is 1.97. The summed E-state index contributed by atoms with van der Waals surface area (Å²) >= 11 is 0. The molecule has 0 bridgehead atoms. The molecule has 0 aliphatic rings. The maximum Gasteiger partial charge on any atom is 0.126 e. The number of rotatable bonds is 4.